The van der Waals surface area contributed by atoms with Crippen LogP contribution in [-0.2, 0) is 6.42 Å². The number of benzene rings is 2. The fraction of sp³-hybridized carbons (Fsp3) is 0.393. The Morgan fingerprint density at radius 1 is 1.03 bits per heavy atom. The molecule has 0 saturated heterocycles. The number of methoxy groups -OCH3 is 3. The SMILES string of the molecule is COc1cc(NC(=O)N[C@@H](C[N+]2(C)C=CC(Cc3ccc(Cl)c(Cl)c3)=CC2)C(C)C)cc(OC)c1OC. The van der Waals surface area contributed by atoms with Gasteiger partial charge < -0.3 is 24.8 Å². The lowest BCUT2D eigenvalue weighted by molar-refractivity contribution is -0.855. The van der Waals surface area contributed by atoms with Gasteiger partial charge in [-0.3, -0.25) is 4.48 Å². The predicted octanol–water partition coefficient (Wildman–Crippen LogP) is 6.31. The maximum Gasteiger partial charge on any atom is 0.319 e. The van der Waals surface area contributed by atoms with Crippen molar-refractivity contribution in [3.05, 3.63) is 69.9 Å². The van der Waals surface area contributed by atoms with Crippen LogP contribution in [0.5, 0.6) is 17.2 Å². The highest BCUT2D eigenvalue weighted by Crippen LogP contribution is 2.40. The number of carbonyl (C=O) groups is 1. The van der Waals surface area contributed by atoms with E-state index in [9.17, 15) is 4.79 Å². The van der Waals surface area contributed by atoms with Crippen molar-refractivity contribution in [1.29, 1.82) is 0 Å². The zero-order valence-electron chi connectivity index (χ0n) is 22.2. The van der Waals surface area contributed by atoms with Gasteiger partial charge in [0.05, 0.1) is 56.4 Å². The summed E-state index contributed by atoms with van der Waals surface area (Å²) in [7, 11) is 6.78. The van der Waals surface area contributed by atoms with E-state index >= 15 is 0 Å². The summed E-state index contributed by atoms with van der Waals surface area (Å²) in [4.78, 5) is 12.9. The Bertz CT molecular complexity index is 1160. The molecule has 200 valence electrons. The van der Waals surface area contributed by atoms with Crippen molar-refractivity contribution in [3.8, 4) is 17.2 Å². The molecule has 1 aliphatic heterocycles. The molecule has 37 heavy (non-hydrogen) atoms. The van der Waals surface area contributed by atoms with Crippen molar-refractivity contribution in [2.45, 2.75) is 26.3 Å². The van der Waals surface area contributed by atoms with Crippen LogP contribution in [0.2, 0.25) is 10.0 Å². The largest absolute Gasteiger partial charge is 0.493 e. The van der Waals surface area contributed by atoms with Crippen LogP contribution in [0.3, 0.4) is 0 Å². The quantitative estimate of drug-likeness (QED) is 0.341. The van der Waals surface area contributed by atoms with Crippen LogP contribution >= 0.6 is 23.2 Å². The number of quaternary nitrogens is 1. The van der Waals surface area contributed by atoms with Gasteiger partial charge in [-0.2, -0.15) is 0 Å². The van der Waals surface area contributed by atoms with E-state index in [0.29, 0.717) is 37.5 Å². The van der Waals surface area contributed by atoms with Gasteiger partial charge in [0, 0.05) is 12.1 Å². The molecule has 2 aromatic rings. The van der Waals surface area contributed by atoms with E-state index in [1.54, 1.807) is 12.1 Å². The molecule has 0 radical (unpaired) electrons. The number of anilines is 1. The third-order valence-electron chi connectivity index (χ3n) is 6.47. The predicted molar refractivity (Wildman–Crippen MR) is 150 cm³/mol. The Kier molecular flexibility index (Phi) is 9.76. The molecule has 0 aromatic heterocycles. The summed E-state index contributed by atoms with van der Waals surface area (Å²) in [6.45, 7) is 5.78. The smallest absolute Gasteiger partial charge is 0.319 e. The number of nitrogens with zero attached hydrogens (tertiary/aromatic N) is 1. The van der Waals surface area contributed by atoms with Gasteiger partial charge in [0.1, 0.15) is 13.1 Å². The molecule has 1 aliphatic rings. The number of amides is 2. The van der Waals surface area contributed by atoms with E-state index in [2.05, 4.69) is 49.9 Å². The fourth-order valence-electron chi connectivity index (χ4n) is 4.24. The molecule has 1 heterocycles. The van der Waals surface area contributed by atoms with Crippen LogP contribution in [-0.4, -0.2) is 58.0 Å². The number of hydrogen-bond donors (Lipinski definition) is 2. The standard InChI is InChI=1S/C28H35Cl2N3O4/c1-18(2)24(32-28(34)31-21-15-25(35-4)27(37-6)26(16-21)36-5)17-33(3)11-9-19(10-12-33)13-20-7-8-22(29)23(30)14-20/h7-11,14-16,18,24H,12-13,17H2,1-6H3,(H-,31,32,34)/p+1/t24-,33?/m0/s1. The van der Waals surface area contributed by atoms with Gasteiger partial charge in [-0.05, 0) is 47.8 Å². The number of hydrogen-bond acceptors (Lipinski definition) is 4. The highest BCUT2D eigenvalue weighted by molar-refractivity contribution is 6.42. The molecule has 2 N–H and O–H groups in total. The second kappa shape index (κ2) is 12.6. The zero-order valence-corrected chi connectivity index (χ0v) is 23.7. The molecular weight excluding hydrogens is 513 g/mol. The Hall–Kier alpha value is -2.87. The molecular formula is C28H36Cl2N3O4+. The second-order valence-corrected chi connectivity index (χ2v) is 10.5. The molecule has 3 rings (SSSR count). The molecule has 0 fully saturated rings. The third-order valence-corrected chi connectivity index (χ3v) is 7.21. The van der Waals surface area contributed by atoms with Crippen LogP contribution in [0.4, 0.5) is 10.5 Å². The van der Waals surface area contributed by atoms with E-state index in [1.165, 1.54) is 26.9 Å². The minimum atomic E-state index is -0.295. The number of carbonyl (C=O) groups excluding carboxylic acids is 1. The number of allylic oxidation sites excluding steroid dienone is 2. The summed E-state index contributed by atoms with van der Waals surface area (Å²) in [5.41, 5.74) is 2.89. The molecule has 2 atom stereocenters. The van der Waals surface area contributed by atoms with E-state index < -0.39 is 0 Å². The maximum absolute atomic E-state index is 12.9. The molecule has 0 bridgehead atoms. The summed E-state index contributed by atoms with van der Waals surface area (Å²) < 4.78 is 16.8. The Balaban J connectivity index is 1.64. The van der Waals surface area contributed by atoms with Crippen molar-refractivity contribution in [1.82, 2.24) is 5.32 Å². The summed E-state index contributed by atoms with van der Waals surface area (Å²) in [6.07, 6.45) is 7.38. The topological polar surface area (TPSA) is 68.8 Å². The Morgan fingerprint density at radius 2 is 1.70 bits per heavy atom. The zero-order chi connectivity index (χ0) is 27.2. The van der Waals surface area contributed by atoms with Crippen LogP contribution in [0.15, 0.2) is 54.3 Å². The number of likely N-dealkylation sites (N-methyl/N-ethyl adjacent to an activating group) is 1. The summed E-state index contributed by atoms with van der Waals surface area (Å²) in [5, 5.41) is 7.17. The van der Waals surface area contributed by atoms with Crippen molar-refractivity contribution in [2.75, 3.05) is 46.8 Å². The maximum atomic E-state index is 12.9. The van der Waals surface area contributed by atoms with Crippen molar-refractivity contribution in [3.63, 3.8) is 0 Å². The second-order valence-electron chi connectivity index (χ2n) is 9.73. The van der Waals surface area contributed by atoms with Gasteiger partial charge in [-0.15, -0.1) is 0 Å². The number of rotatable bonds is 10. The van der Waals surface area contributed by atoms with Gasteiger partial charge in [-0.25, -0.2) is 4.79 Å². The minimum absolute atomic E-state index is 0.0540. The first-order chi connectivity index (χ1) is 17.6. The highest BCUT2D eigenvalue weighted by atomic mass is 35.5. The number of ether oxygens (including phenoxy) is 3. The summed E-state index contributed by atoms with van der Waals surface area (Å²) >= 11 is 12.2. The van der Waals surface area contributed by atoms with Crippen LogP contribution < -0.4 is 24.8 Å². The molecule has 2 amide bonds. The number of urea groups is 1. The molecule has 0 saturated carbocycles. The molecule has 0 spiro atoms. The normalized spacial score (nSPS) is 17.7. The van der Waals surface area contributed by atoms with E-state index in [1.807, 2.05) is 18.2 Å². The van der Waals surface area contributed by atoms with E-state index in [4.69, 9.17) is 37.4 Å². The van der Waals surface area contributed by atoms with E-state index in [-0.39, 0.29) is 18.0 Å². The van der Waals surface area contributed by atoms with Gasteiger partial charge in [-0.1, -0.05) is 43.1 Å². The average Bonchev–Trinajstić information content (AvgIpc) is 2.86. The van der Waals surface area contributed by atoms with Crippen LogP contribution in [0.1, 0.15) is 19.4 Å². The van der Waals surface area contributed by atoms with Gasteiger partial charge in [0.15, 0.2) is 11.5 Å². The van der Waals surface area contributed by atoms with Crippen molar-refractivity contribution >= 4 is 34.9 Å². The Morgan fingerprint density at radius 3 is 2.22 bits per heavy atom. The Labute approximate surface area is 229 Å². The molecule has 1 unspecified atom stereocenters. The van der Waals surface area contributed by atoms with Crippen molar-refractivity contribution in [2.24, 2.45) is 5.92 Å². The first-order valence-electron chi connectivity index (χ1n) is 12.1. The molecule has 9 heteroatoms. The summed E-state index contributed by atoms with van der Waals surface area (Å²) in [6, 6.07) is 8.79. The first kappa shape index (κ1) is 28.7. The lowest BCUT2D eigenvalue weighted by atomic mass is 10.00. The third kappa shape index (κ3) is 7.57. The molecule has 7 nitrogen and oxygen atoms in total. The van der Waals surface area contributed by atoms with Gasteiger partial charge in [0.25, 0.3) is 0 Å². The average molecular weight is 550 g/mol. The number of nitrogens with one attached hydrogen (secondary N) is 2. The highest BCUT2D eigenvalue weighted by Gasteiger charge is 2.29. The minimum Gasteiger partial charge on any atom is -0.493 e. The monoisotopic (exact) mass is 548 g/mol. The first-order valence-corrected chi connectivity index (χ1v) is 12.9. The van der Waals surface area contributed by atoms with Crippen molar-refractivity contribution < 1.29 is 23.5 Å². The molecule has 2 aromatic carbocycles. The lowest BCUT2D eigenvalue weighted by Crippen LogP contribution is -2.53. The number of halogens is 2. The van der Waals surface area contributed by atoms with Gasteiger partial charge >= 0.3 is 6.03 Å². The molecule has 0 aliphatic carbocycles. The lowest BCUT2D eigenvalue weighted by Gasteiger charge is -2.36. The van der Waals surface area contributed by atoms with Crippen LogP contribution in [0.25, 0.3) is 0 Å². The van der Waals surface area contributed by atoms with Gasteiger partial charge in [0.2, 0.25) is 5.75 Å². The fourth-order valence-corrected chi connectivity index (χ4v) is 4.56. The summed E-state index contributed by atoms with van der Waals surface area (Å²) in [5.74, 6) is 1.64. The van der Waals surface area contributed by atoms with E-state index in [0.717, 1.165) is 25.1 Å². The van der Waals surface area contributed by atoms with Crippen LogP contribution in [0, 0.1) is 5.92 Å².